The Balaban J connectivity index is 2.53. The Kier molecular flexibility index (Phi) is 4.46. The summed E-state index contributed by atoms with van der Waals surface area (Å²) >= 11 is 0. The molecule has 0 amide bonds. The van der Waals surface area contributed by atoms with E-state index in [4.69, 9.17) is 16.2 Å². The number of rotatable bonds is 5. The van der Waals surface area contributed by atoms with Gasteiger partial charge in [-0.2, -0.15) is 0 Å². The van der Waals surface area contributed by atoms with E-state index < -0.39 is 5.41 Å². The fourth-order valence-corrected chi connectivity index (χ4v) is 1.15. The van der Waals surface area contributed by atoms with Crippen molar-refractivity contribution >= 4 is 5.97 Å². The predicted molar refractivity (Wildman–Crippen MR) is 62.5 cm³/mol. The van der Waals surface area contributed by atoms with Gasteiger partial charge >= 0.3 is 5.97 Å². The molecule has 0 aromatic heterocycles. The van der Waals surface area contributed by atoms with E-state index in [1.54, 1.807) is 6.92 Å². The molecule has 88 valence electrons. The number of ether oxygens (including phenoxy) is 1. The zero-order valence-corrected chi connectivity index (χ0v) is 9.48. The molecule has 0 unspecified atom stereocenters. The van der Waals surface area contributed by atoms with Gasteiger partial charge in [-0.05, 0) is 12.5 Å². The molecule has 0 aliphatic carbocycles. The highest BCUT2D eigenvalue weighted by Crippen LogP contribution is 2.15. The largest absolute Gasteiger partial charge is 0.460 e. The fourth-order valence-electron chi connectivity index (χ4n) is 1.15. The van der Waals surface area contributed by atoms with Gasteiger partial charge in [-0.1, -0.05) is 30.3 Å². The lowest BCUT2D eigenvalue weighted by atomic mass is 9.91. The molecule has 0 fully saturated rings. The van der Waals surface area contributed by atoms with E-state index in [9.17, 15) is 4.79 Å². The van der Waals surface area contributed by atoms with Crippen LogP contribution in [0.25, 0.3) is 0 Å². The SMILES string of the molecule is CC(CN)(CN)C(=O)OCc1ccccc1. The minimum Gasteiger partial charge on any atom is -0.460 e. The molecule has 0 bridgehead atoms. The lowest BCUT2D eigenvalue weighted by Crippen LogP contribution is -2.43. The molecular weight excluding hydrogens is 204 g/mol. The minimum atomic E-state index is -0.783. The van der Waals surface area contributed by atoms with Gasteiger partial charge in [-0.15, -0.1) is 0 Å². The van der Waals surface area contributed by atoms with Gasteiger partial charge in [0.05, 0.1) is 5.41 Å². The summed E-state index contributed by atoms with van der Waals surface area (Å²) in [5, 5.41) is 0. The van der Waals surface area contributed by atoms with Crippen molar-refractivity contribution in [3.05, 3.63) is 35.9 Å². The Bertz CT molecular complexity index is 334. The van der Waals surface area contributed by atoms with E-state index in [1.807, 2.05) is 30.3 Å². The van der Waals surface area contributed by atoms with Gasteiger partial charge in [0.1, 0.15) is 6.61 Å². The van der Waals surface area contributed by atoms with E-state index in [-0.39, 0.29) is 25.7 Å². The molecule has 0 heterocycles. The van der Waals surface area contributed by atoms with E-state index in [2.05, 4.69) is 0 Å². The van der Waals surface area contributed by atoms with Crippen LogP contribution in [-0.4, -0.2) is 19.1 Å². The highest BCUT2D eigenvalue weighted by Gasteiger charge is 2.31. The summed E-state index contributed by atoms with van der Waals surface area (Å²) in [6.07, 6.45) is 0. The normalized spacial score (nSPS) is 11.2. The molecule has 1 aromatic carbocycles. The van der Waals surface area contributed by atoms with Gasteiger partial charge in [-0.3, -0.25) is 4.79 Å². The topological polar surface area (TPSA) is 78.3 Å². The van der Waals surface area contributed by atoms with E-state index in [1.165, 1.54) is 0 Å². The molecule has 0 radical (unpaired) electrons. The summed E-state index contributed by atoms with van der Waals surface area (Å²) in [7, 11) is 0. The predicted octanol–water partition coefficient (Wildman–Crippen LogP) is 0.654. The molecular formula is C12H18N2O2. The maximum absolute atomic E-state index is 11.7. The van der Waals surface area contributed by atoms with Crippen LogP contribution >= 0.6 is 0 Å². The molecule has 1 aromatic rings. The number of hydrogen-bond donors (Lipinski definition) is 2. The zero-order valence-electron chi connectivity index (χ0n) is 9.48. The van der Waals surface area contributed by atoms with E-state index in [0.29, 0.717) is 0 Å². The van der Waals surface area contributed by atoms with Gasteiger partial charge in [-0.25, -0.2) is 0 Å². The van der Waals surface area contributed by atoms with Gasteiger partial charge in [0, 0.05) is 13.1 Å². The monoisotopic (exact) mass is 222 g/mol. The Morgan fingerprint density at radius 3 is 2.31 bits per heavy atom. The molecule has 0 saturated heterocycles. The van der Waals surface area contributed by atoms with Crippen LogP contribution in [0.2, 0.25) is 0 Å². The average molecular weight is 222 g/mol. The first-order chi connectivity index (χ1) is 7.62. The Labute approximate surface area is 95.6 Å². The van der Waals surface area contributed by atoms with Gasteiger partial charge in [0.2, 0.25) is 0 Å². The zero-order chi connectivity index (χ0) is 12.0. The Hall–Kier alpha value is -1.39. The molecule has 4 nitrogen and oxygen atoms in total. The maximum atomic E-state index is 11.7. The third kappa shape index (κ3) is 3.05. The molecule has 16 heavy (non-hydrogen) atoms. The van der Waals surface area contributed by atoms with Crippen molar-refractivity contribution in [2.75, 3.05) is 13.1 Å². The lowest BCUT2D eigenvalue weighted by Gasteiger charge is -2.23. The van der Waals surface area contributed by atoms with Crippen LogP contribution < -0.4 is 11.5 Å². The van der Waals surface area contributed by atoms with Crippen molar-refractivity contribution in [1.82, 2.24) is 0 Å². The summed E-state index contributed by atoms with van der Waals surface area (Å²) < 4.78 is 5.18. The molecule has 0 atom stereocenters. The lowest BCUT2D eigenvalue weighted by molar-refractivity contribution is -0.155. The second kappa shape index (κ2) is 5.63. The highest BCUT2D eigenvalue weighted by molar-refractivity contribution is 5.77. The van der Waals surface area contributed by atoms with E-state index in [0.717, 1.165) is 5.56 Å². The molecule has 1 rings (SSSR count). The Morgan fingerprint density at radius 1 is 1.25 bits per heavy atom. The average Bonchev–Trinajstić information content (AvgIpc) is 2.36. The molecule has 0 spiro atoms. The quantitative estimate of drug-likeness (QED) is 0.717. The Morgan fingerprint density at radius 2 is 1.81 bits per heavy atom. The van der Waals surface area contributed by atoms with Gasteiger partial charge < -0.3 is 16.2 Å². The maximum Gasteiger partial charge on any atom is 0.314 e. The number of carbonyl (C=O) groups is 1. The second-order valence-electron chi connectivity index (χ2n) is 4.03. The molecule has 0 aliphatic heterocycles. The summed E-state index contributed by atoms with van der Waals surface area (Å²) in [5.41, 5.74) is 11.2. The first-order valence-corrected chi connectivity index (χ1v) is 5.23. The van der Waals surface area contributed by atoms with Crippen molar-refractivity contribution in [3.8, 4) is 0 Å². The third-order valence-electron chi connectivity index (χ3n) is 2.61. The summed E-state index contributed by atoms with van der Waals surface area (Å²) in [4.78, 5) is 11.7. The molecule has 4 N–H and O–H groups in total. The summed E-state index contributed by atoms with van der Waals surface area (Å²) in [5.74, 6) is -0.346. The first-order valence-electron chi connectivity index (χ1n) is 5.23. The van der Waals surface area contributed by atoms with Gasteiger partial charge in [0.25, 0.3) is 0 Å². The van der Waals surface area contributed by atoms with Crippen LogP contribution in [0.15, 0.2) is 30.3 Å². The van der Waals surface area contributed by atoms with Crippen molar-refractivity contribution < 1.29 is 9.53 Å². The van der Waals surface area contributed by atoms with Crippen molar-refractivity contribution in [1.29, 1.82) is 0 Å². The number of benzene rings is 1. The minimum absolute atomic E-state index is 0.192. The van der Waals surface area contributed by atoms with Crippen molar-refractivity contribution in [2.45, 2.75) is 13.5 Å². The highest BCUT2D eigenvalue weighted by atomic mass is 16.5. The van der Waals surface area contributed by atoms with Crippen LogP contribution in [0.4, 0.5) is 0 Å². The van der Waals surface area contributed by atoms with Crippen LogP contribution in [0.1, 0.15) is 12.5 Å². The first kappa shape index (κ1) is 12.7. The van der Waals surface area contributed by atoms with Crippen LogP contribution in [0, 0.1) is 5.41 Å². The summed E-state index contributed by atoms with van der Waals surface area (Å²) in [6, 6.07) is 9.50. The van der Waals surface area contributed by atoms with Crippen LogP contribution in [0.3, 0.4) is 0 Å². The van der Waals surface area contributed by atoms with Crippen LogP contribution in [-0.2, 0) is 16.1 Å². The molecule has 0 saturated carbocycles. The van der Waals surface area contributed by atoms with Gasteiger partial charge in [0.15, 0.2) is 0 Å². The van der Waals surface area contributed by atoms with Crippen molar-refractivity contribution in [2.24, 2.45) is 16.9 Å². The third-order valence-corrected chi connectivity index (χ3v) is 2.61. The second-order valence-corrected chi connectivity index (χ2v) is 4.03. The smallest absolute Gasteiger partial charge is 0.314 e. The van der Waals surface area contributed by atoms with Crippen LogP contribution in [0.5, 0.6) is 0 Å². The number of esters is 1. The molecule has 0 aliphatic rings. The number of hydrogen-bond acceptors (Lipinski definition) is 4. The summed E-state index contributed by atoms with van der Waals surface area (Å²) in [6.45, 7) is 2.35. The van der Waals surface area contributed by atoms with Crippen molar-refractivity contribution in [3.63, 3.8) is 0 Å². The molecule has 4 heteroatoms. The number of nitrogens with two attached hydrogens (primary N) is 2. The van der Waals surface area contributed by atoms with E-state index >= 15 is 0 Å². The standard InChI is InChI=1S/C12H18N2O2/c1-12(8-13,9-14)11(15)16-7-10-5-3-2-4-6-10/h2-6H,7-9,13-14H2,1H3. The fraction of sp³-hybridized carbons (Fsp3) is 0.417. The number of carbonyl (C=O) groups excluding carboxylic acids is 1.